The first-order valence-electron chi connectivity index (χ1n) is 11.1. The number of amides is 2. The summed E-state index contributed by atoms with van der Waals surface area (Å²) in [5, 5.41) is 0. The van der Waals surface area contributed by atoms with E-state index in [0.29, 0.717) is 11.5 Å². The van der Waals surface area contributed by atoms with Gasteiger partial charge in [-0.1, -0.05) is 6.07 Å². The molecule has 0 fully saturated rings. The first-order chi connectivity index (χ1) is 16.7. The predicted octanol–water partition coefficient (Wildman–Crippen LogP) is 3.26. The summed E-state index contributed by atoms with van der Waals surface area (Å²) >= 11 is 0. The molecule has 2 amide bonds. The van der Waals surface area contributed by atoms with E-state index in [9.17, 15) is 23.2 Å². The molecule has 0 spiro atoms. The number of carbonyl (C=O) groups excluding carboxylic acids is 2. The minimum Gasteiger partial charge on any atom is -0.496 e. The van der Waals surface area contributed by atoms with E-state index in [-0.39, 0.29) is 37.4 Å². The fourth-order valence-corrected chi connectivity index (χ4v) is 4.28. The number of methoxy groups -OCH3 is 1. The first-order valence-corrected chi connectivity index (χ1v) is 11.1. The number of furan rings is 1. The normalized spacial score (nSPS) is 14.1. The average Bonchev–Trinajstić information content (AvgIpc) is 3.29. The molecular formula is C25H25F2N3O5. The third kappa shape index (κ3) is 4.43. The summed E-state index contributed by atoms with van der Waals surface area (Å²) in [7, 11) is 2.98. The Bertz CT molecular complexity index is 1300. The van der Waals surface area contributed by atoms with Crippen molar-refractivity contribution in [2.75, 3.05) is 27.2 Å². The van der Waals surface area contributed by atoms with E-state index in [1.54, 1.807) is 26.1 Å². The zero-order valence-corrected chi connectivity index (χ0v) is 19.6. The van der Waals surface area contributed by atoms with Gasteiger partial charge in [0, 0.05) is 44.9 Å². The number of ether oxygens (including phenoxy) is 1. The van der Waals surface area contributed by atoms with Crippen LogP contribution in [0.2, 0.25) is 0 Å². The van der Waals surface area contributed by atoms with Gasteiger partial charge in [0.2, 0.25) is 0 Å². The summed E-state index contributed by atoms with van der Waals surface area (Å²) in [6.45, 7) is 1.95. The molecule has 0 N–H and O–H groups in total. The van der Waals surface area contributed by atoms with Crippen LogP contribution in [0.3, 0.4) is 0 Å². The Morgan fingerprint density at radius 3 is 2.43 bits per heavy atom. The molecule has 3 heterocycles. The highest BCUT2D eigenvalue weighted by Gasteiger charge is 2.31. The van der Waals surface area contributed by atoms with Crippen LogP contribution in [-0.2, 0) is 13.0 Å². The van der Waals surface area contributed by atoms with Gasteiger partial charge in [0.15, 0.2) is 0 Å². The lowest BCUT2D eigenvalue weighted by molar-refractivity contribution is 0.0719. The lowest BCUT2D eigenvalue weighted by atomic mass is 10.1. The summed E-state index contributed by atoms with van der Waals surface area (Å²) < 4.78 is 40.7. The summed E-state index contributed by atoms with van der Waals surface area (Å²) in [5.41, 5.74) is -0.463. The standard InChI is InChI=1S/C25H25F2N3O5/c1-15(19-8-5-13-35-19)28(2)24(32)23-18-9-10-29(11-12-30(18)21(31)14-20(23)34-3)25(33)22-16(26)6-4-7-17(22)27/h4-8,13-15H,9-12H2,1-3H3/t15-/m1/s1. The number of benzene rings is 1. The van der Waals surface area contributed by atoms with E-state index in [0.717, 1.165) is 12.1 Å². The second-order valence-corrected chi connectivity index (χ2v) is 8.27. The predicted molar refractivity (Wildman–Crippen MR) is 122 cm³/mol. The van der Waals surface area contributed by atoms with Crippen LogP contribution in [0.25, 0.3) is 0 Å². The third-order valence-electron chi connectivity index (χ3n) is 6.35. The van der Waals surface area contributed by atoms with Gasteiger partial charge in [-0.2, -0.15) is 0 Å². The SMILES string of the molecule is COc1cc(=O)n2c(c1C(=O)N(C)[C@H](C)c1ccco1)CCN(C(=O)c1c(F)cccc1F)CC2. The maximum absolute atomic E-state index is 14.2. The van der Waals surface area contributed by atoms with Crippen LogP contribution < -0.4 is 10.3 Å². The maximum Gasteiger partial charge on any atom is 0.259 e. The molecule has 1 aliphatic rings. The van der Waals surface area contributed by atoms with E-state index in [4.69, 9.17) is 9.15 Å². The molecule has 3 aromatic rings. The first kappa shape index (κ1) is 24.2. The Balaban J connectivity index is 1.69. The maximum atomic E-state index is 14.2. The van der Waals surface area contributed by atoms with Crippen LogP contribution in [0, 0.1) is 11.6 Å². The van der Waals surface area contributed by atoms with Gasteiger partial charge >= 0.3 is 0 Å². The molecule has 1 aliphatic heterocycles. The lowest BCUT2D eigenvalue weighted by Gasteiger charge is -2.26. The zero-order valence-electron chi connectivity index (χ0n) is 19.6. The molecule has 10 heteroatoms. The topological polar surface area (TPSA) is 85.0 Å². The Kier molecular flexibility index (Phi) is 6.72. The third-order valence-corrected chi connectivity index (χ3v) is 6.35. The van der Waals surface area contributed by atoms with Crippen molar-refractivity contribution in [2.45, 2.75) is 25.9 Å². The molecule has 2 aromatic heterocycles. The highest BCUT2D eigenvalue weighted by molar-refractivity contribution is 5.98. The fourth-order valence-electron chi connectivity index (χ4n) is 4.28. The minimum absolute atomic E-state index is 0.0398. The Labute approximate surface area is 200 Å². The van der Waals surface area contributed by atoms with Gasteiger partial charge in [-0.05, 0) is 31.2 Å². The summed E-state index contributed by atoms with van der Waals surface area (Å²) in [6, 6.07) is 7.54. The van der Waals surface area contributed by atoms with Crippen LogP contribution in [0.5, 0.6) is 5.75 Å². The number of hydrogen-bond donors (Lipinski definition) is 0. The van der Waals surface area contributed by atoms with Crippen LogP contribution in [0.15, 0.2) is 51.9 Å². The van der Waals surface area contributed by atoms with Gasteiger partial charge in [0.25, 0.3) is 17.4 Å². The highest BCUT2D eigenvalue weighted by Crippen LogP contribution is 2.28. The molecule has 184 valence electrons. The number of aromatic nitrogens is 1. The van der Waals surface area contributed by atoms with E-state index in [1.807, 2.05) is 0 Å². The number of halogens is 2. The van der Waals surface area contributed by atoms with Crippen molar-refractivity contribution in [3.05, 3.63) is 87.2 Å². The quantitative estimate of drug-likeness (QED) is 0.554. The summed E-state index contributed by atoms with van der Waals surface area (Å²) in [4.78, 5) is 42.1. The Morgan fingerprint density at radius 1 is 1.09 bits per heavy atom. The van der Waals surface area contributed by atoms with Crippen molar-refractivity contribution < 1.29 is 27.5 Å². The summed E-state index contributed by atoms with van der Waals surface area (Å²) in [6.07, 6.45) is 1.63. The van der Waals surface area contributed by atoms with Crippen molar-refractivity contribution in [3.8, 4) is 5.75 Å². The van der Waals surface area contributed by atoms with Crippen LogP contribution >= 0.6 is 0 Å². The largest absolute Gasteiger partial charge is 0.496 e. The Hall–Kier alpha value is -3.95. The number of pyridine rings is 1. The molecule has 4 rings (SSSR count). The van der Waals surface area contributed by atoms with Crippen molar-refractivity contribution in [1.82, 2.24) is 14.4 Å². The smallest absolute Gasteiger partial charge is 0.259 e. The monoisotopic (exact) mass is 485 g/mol. The van der Waals surface area contributed by atoms with Crippen LogP contribution in [-0.4, -0.2) is 53.4 Å². The molecule has 0 radical (unpaired) electrons. The molecule has 1 atom stereocenters. The Morgan fingerprint density at radius 2 is 1.80 bits per heavy atom. The zero-order chi connectivity index (χ0) is 25.3. The van der Waals surface area contributed by atoms with Crippen LogP contribution in [0.1, 0.15) is 45.1 Å². The molecule has 0 unspecified atom stereocenters. The highest BCUT2D eigenvalue weighted by atomic mass is 19.1. The fraction of sp³-hybridized carbons (Fsp3) is 0.320. The number of carbonyl (C=O) groups is 2. The van der Waals surface area contributed by atoms with Crippen LogP contribution in [0.4, 0.5) is 8.78 Å². The molecule has 0 bridgehead atoms. The van der Waals surface area contributed by atoms with E-state index in [1.165, 1.54) is 39.9 Å². The minimum atomic E-state index is -0.958. The van der Waals surface area contributed by atoms with Crippen molar-refractivity contribution >= 4 is 11.8 Å². The summed E-state index contributed by atoms with van der Waals surface area (Å²) in [5.74, 6) is -2.42. The second kappa shape index (κ2) is 9.73. The average molecular weight is 485 g/mol. The number of fused-ring (bicyclic) bond motifs is 1. The second-order valence-electron chi connectivity index (χ2n) is 8.27. The molecule has 0 aliphatic carbocycles. The molecule has 1 aromatic carbocycles. The van der Waals surface area contributed by atoms with E-state index < -0.39 is 40.6 Å². The van der Waals surface area contributed by atoms with Gasteiger partial charge in [-0.3, -0.25) is 14.4 Å². The van der Waals surface area contributed by atoms with Gasteiger partial charge in [-0.25, -0.2) is 8.78 Å². The molecule has 0 saturated carbocycles. The number of rotatable bonds is 5. The molecule has 8 nitrogen and oxygen atoms in total. The van der Waals surface area contributed by atoms with Gasteiger partial charge in [0.1, 0.15) is 34.3 Å². The van der Waals surface area contributed by atoms with E-state index >= 15 is 0 Å². The molecule has 0 saturated heterocycles. The van der Waals surface area contributed by atoms with Gasteiger partial charge < -0.3 is 23.5 Å². The number of hydrogen-bond acceptors (Lipinski definition) is 5. The number of nitrogens with zero attached hydrogens (tertiary/aromatic N) is 3. The van der Waals surface area contributed by atoms with E-state index in [2.05, 4.69) is 0 Å². The van der Waals surface area contributed by atoms with Crippen molar-refractivity contribution in [1.29, 1.82) is 0 Å². The van der Waals surface area contributed by atoms with Gasteiger partial charge in [0.05, 0.1) is 19.4 Å². The van der Waals surface area contributed by atoms with Crippen molar-refractivity contribution in [2.24, 2.45) is 0 Å². The van der Waals surface area contributed by atoms with Gasteiger partial charge in [-0.15, -0.1) is 0 Å². The molecule has 35 heavy (non-hydrogen) atoms. The van der Waals surface area contributed by atoms with Crippen molar-refractivity contribution in [3.63, 3.8) is 0 Å². The molecular weight excluding hydrogens is 460 g/mol. The lowest BCUT2D eigenvalue weighted by Crippen LogP contribution is -2.35.